The molecule has 192 valence electrons. The predicted molar refractivity (Wildman–Crippen MR) is 151 cm³/mol. The van der Waals surface area contributed by atoms with Gasteiger partial charge >= 0.3 is 0 Å². The summed E-state index contributed by atoms with van der Waals surface area (Å²) in [7, 11) is 4.02. The molecule has 1 aliphatic rings. The third-order valence-electron chi connectivity index (χ3n) is 6.70. The van der Waals surface area contributed by atoms with E-state index >= 15 is 0 Å². The van der Waals surface area contributed by atoms with E-state index in [0.717, 1.165) is 43.7 Å². The molecule has 3 heterocycles. The van der Waals surface area contributed by atoms with Crippen LogP contribution >= 0.6 is 11.3 Å². The van der Waals surface area contributed by atoms with Crippen LogP contribution in [0.5, 0.6) is 0 Å². The number of aromatic nitrogens is 2. The predicted octanol–water partition coefficient (Wildman–Crippen LogP) is 4.18. The maximum atomic E-state index is 13.3. The highest BCUT2D eigenvalue weighted by atomic mass is 32.1. The van der Waals surface area contributed by atoms with Crippen molar-refractivity contribution < 1.29 is 4.79 Å². The molecule has 1 aliphatic heterocycles. The summed E-state index contributed by atoms with van der Waals surface area (Å²) >= 11 is 1.25. The molecule has 0 fully saturated rings. The molecule has 0 saturated carbocycles. The van der Waals surface area contributed by atoms with E-state index in [9.17, 15) is 9.59 Å². The van der Waals surface area contributed by atoms with Crippen molar-refractivity contribution in [2.45, 2.75) is 32.2 Å². The Labute approximate surface area is 220 Å². The number of nitrogens with zero attached hydrogens (tertiary/aromatic N) is 4. The summed E-state index contributed by atoms with van der Waals surface area (Å²) in [4.78, 5) is 36.0. The average molecular weight is 517 g/mol. The van der Waals surface area contributed by atoms with E-state index in [1.54, 1.807) is 10.6 Å². The van der Waals surface area contributed by atoms with E-state index in [1.807, 2.05) is 51.4 Å². The van der Waals surface area contributed by atoms with Crippen molar-refractivity contribution in [2.75, 3.05) is 37.8 Å². The Morgan fingerprint density at radius 2 is 1.95 bits per heavy atom. The first-order valence-corrected chi connectivity index (χ1v) is 13.4. The lowest BCUT2D eigenvalue weighted by Crippen LogP contribution is -2.34. The number of fused-ring (bicyclic) bond motifs is 2. The van der Waals surface area contributed by atoms with Gasteiger partial charge in [-0.2, -0.15) is 0 Å². The van der Waals surface area contributed by atoms with Crippen LogP contribution in [-0.2, 0) is 6.42 Å². The number of rotatable bonds is 7. The maximum Gasteiger partial charge on any atom is 0.298 e. The summed E-state index contributed by atoms with van der Waals surface area (Å²) < 4.78 is 1.58. The number of aryl methyl sites for hydroxylation is 1. The molecule has 4 aromatic rings. The van der Waals surface area contributed by atoms with E-state index in [2.05, 4.69) is 38.3 Å². The highest BCUT2D eigenvalue weighted by molar-refractivity contribution is 7.20. The minimum Gasteiger partial charge on any atom is -0.379 e. The number of nitrogens with two attached hydrogens (primary N) is 1. The van der Waals surface area contributed by atoms with Crippen LogP contribution in [0.3, 0.4) is 0 Å². The van der Waals surface area contributed by atoms with Crippen molar-refractivity contribution in [3.05, 3.63) is 75.4 Å². The Kier molecular flexibility index (Phi) is 6.99. The monoisotopic (exact) mass is 516 g/mol. The summed E-state index contributed by atoms with van der Waals surface area (Å²) in [5.41, 5.74) is 10.4. The molecule has 1 atom stereocenters. The molecule has 2 aromatic carbocycles. The first kappa shape index (κ1) is 25.0. The highest BCUT2D eigenvalue weighted by Gasteiger charge is 2.22. The Balaban J connectivity index is 1.54. The average Bonchev–Trinajstić information content (AvgIpc) is 3.31. The number of nitrogen functional groups attached to an aromatic ring is 1. The fourth-order valence-electron chi connectivity index (χ4n) is 4.76. The zero-order valence-corrected chi connectivity index (χ0v) is 22.2. The Morgan fingerprint density at radius 3 is 2.70 bits per heavy atom. The highest BCUT2D eigenvalue weighted by Crippen LogP contribution is 2.35. The van der Waals surface area contributed by atoms with Crippen LogP contribution < -0.4 is 21.5 Å². The van der Waals surface area contributed by atoms with Gasteiger partial charge in [0.15, 0.2) is 5.82 Å². The van der Waals surface area contributed by atoms with Crippen LogP contribution in [0.25, 0.3) is 16.0 Å². The second kappa shape index (κ2) is 10.4. The first-order chi connectivity index (χ1) is 17.8. The van der Waals surface area contributed by atoms with Gasteiger partial charge in [0, 0.05) is 24.0 Å². The van der Waals surface area contributed by atoms with E-state index in [-0.39, 0.29) is 17.8 Å². The lowest BCUT2D eigenvalue weighted by atomic mass is 10.00. The fourth-order valence-corrected chi connectivity index (χ4v) is 5.69. The van der Waals surface area contributed by atoms with E-state index in [1.165, 1.54) is 16.9 Å². The molecule has 1 unspecified atom stereocenters. The molecule has 0 aliphatic carbocycles. The first-order valence-electron chi connectivity index (χ1n) is 12.6. The topological polar surface area (TPSA) is 96.5 Å². The van der Waals surface area contributed by atoms with Gasteiger partial charge in [-0.3, -0.25) is 14.2 Å². The van der Waals surface area contributed by atoms with Crippen LogP contribution in [0, 0.1) is 0 Å². The van der Waals surface area contributed by atoms with Gasteiger partial charge in [0.1, 0.15) is 4.83 Å². The number of thiophene rings is 1. The van der Waals surface area contributed by atoms with Crippen LogP contribution in [0.15, 0.2) is 59.4 Å². The molecular formula is C28H32N6O2S. The molecule has 3 N–H and O–H groups in total. The minimum absolute atomic E-state index is 0.0185. The van der Waals surface area contributed by atoms with Gasteiger partial charge in [-0.25, -0.2) is 4.98 Å². The molecule has 37 heavy (non-hydrogen) atoms. The maximum absolute atomic E-state index is 13.3. The Hall–Kier alpha value is -3.69. The van der Waals surface area contributed by atoms with Crippen LogP contribution in [0.2, 0.25) is 0 Å². The molecular weight excluding hydrogens is 484 g/mol. The molecule has 2 aromatic heterocycles. The lowest BCUT2D eigenvalue weighted by molar-refractivity contribution is 0.0941. The smallest absolute Gasteiger partial charge is 0.298 e. The third kappa shape index (κ3) is 5.10. The summed E-state index contributed by atoms with van der Waals surface area (Å²) in [6, 6.07) is 18.1. The van der Waals surface area contributed by atoms with Gasteiger partial charge < -0.3 is 20.9 Å². The van der Waals surface area contributed by atoms with Gasteiger partial charge in [-0.15, -0.1) is 11.3 Å². The number of carbonyl (C=O) groups excluding carboxylic acids is 1. The number of amides is 1. The van der Waals surface area contributed by atoms with Crippen LogP contribution in [0.4, 0.5) is 17.2 Å². The third-order valence-corrected chi connectivity index (χ3v) is 7.72. The molecule has 8 nitrogen and oxygen atoms in total. The quantitative estimate of drug-likeness (QED) is 0.383. The Morgan fingerprint density at radius 1 is 1.16 bits per heavy atom. The van der Waals surface area contributed by atoms with Crippen LogP contribution in [0.1, 0.15) is 35.0 Å². The van der Waals surface area contributed by atoms with Gasteiger partial charge in [-0.1, -0.05) is 24.3 Å². The normalized spacial score (nSPS) is 14.1. The number of carbonyl (C=O) groups is 1. The van der Waals surface area contributed by atoms with Crippen molar-refractivity contribution in [2.24, 2.45) is 0 Å². The standard InChI is InChI=1S/C28H32N6O2S/c1-18(13-15-32(2)3)30-26(35)24-17-23-27(37-24)31-25(29)28(36)34(23)21-12-11-19-8-7-14-33(22(19)16-21)20-9-5-4-6-10-20/h4-6,9-12,16-18H,7-8,13-15H2,1-3H3,(H2,29,31)(H,30,35). The van der Waals surface area contributed by atoms with Crippen molar-refractivity contribution in [1.29, 1.82) is 0 Å². The molecule has 0 saturated heterocycles. The van der Waals surface area contributed by atoms with Crippen molar-refractivity contribution in [3.8, 4) is 5.69 Å². The zero-order valence-electron chi connectivity index (χ0n) is 21.4. The summed E-state index contributed by atoms with van der Waals surface area (Å²) in [6.45, 7) is 3.77. The SMILES string of the molecule is CC(CCN(C)C)NC(=O)c1cc2c(nc(N)c(=O)n2-c2ccc3c(c2)N(c2ccccc2)CCC3)s1. The zero-order chi connectivity index (χ0) is 26.1. The number of hydrogen-bond acceptors (Lipinski definition) is 7. The molecule has 0 spiro atoms. The van der Waals surface area contributed by atoms with Gasteiger partial charge in [0.25, 0.3) is 11.5 Å². The largest absolute Gasteiger partial charge is 0.379 e. The van der Waals surface area contributed by atoms with Gasteiger partial charge in [0.2, 0.25) is 0 Å². The number of hydrogen-bond donors (Lipinski definition) is 2. The van der Waals surface area contributed by atoms with E-state index in [0.29, 0.717) is 20.9 Å². The lowest BCUT2D eigenvalue weighted by Gasteiger charge is -2.32. The van der Waals surface area contributed by atoms with Gasteiger partial charge in [-0.05, 0) is 82.7 Å². The molecule has 1 amide bonds. The van der Waals surface area contributed by atoms with E-state index in [4.69, 9.17) is 5.73 Å². The summed E-state index contributed by atoms with van der Waals surface area (Å²) in [5, 5.41) is 3.06. The Bertz CT molecular complexity index is 1490. The molecule has 0 radical (unpaired) electrons. The van der Waals surface area contributed by atoms with Gasteiger partial charge in [0.05, 0.1) is 16.1 Å². The fraction of sp³-hybridized carbons (Fsp3) is 0.321. The molecule has 9 heteroatoms. The second-order valence-electron chi connectivity index (χ2n) is 9.81. The molecule has 5 rings (SSSR count). The number of benzene rings is 2. The van der Waals surface area contributed by atoms with Crippen molar-refractivity contribution >= 4 is 44.8 Å². The van der Waals surface area contributed by atoms with Crippen molar-refractivity contribution in [1.82, 2.24) is 19.8 Å². The number of nitrogens with one attached hydrogen (secondary N) is 1. The summed E-state index contributed by atoms with van der Waals surface area (Å²) in [5.74, 6) is -0.259. The second-order valence-corrected chi connectivity index (χ2v) is 10.8. The van der Waals surface area contributed by atoms with Crippen LogP contribution in [-0.4, -0.2) is 53.6 Å². The van der Waals surface area contributed by atoms with E-state index < -0.39 is 5.56 Å². The number of anilines is 3. The van der Waals surface area contributed by atoms with Crippen molar-refractivity contribution in [3.63, 3.8) is 0 Å². The summed E-state index contributed by atoms with van der Waals surface area (Å²) in [6.07, 6.45) is 2.88. The molecule has 0 bridgehead atoms. The number of para-hydroxylation sites is 1. The minimum atomic E-state index is -0.390.